The van der Waals surface area contributed by atoms with Crippen molar-refractivity contribution in [1.82, 2.24) is 10.2 Å². The molecule has 0 atom stereocenters. The van der Waals surface area contributed by atoms with E-state index in [-0.39, 0.29) is 0 Å². The van der Waals surface area contributed by atoms with Crippen LogP contribution in [0.3, 0.4) is 0 Å². The molecule has 0 saturated carbocycles. The van der Waals surface area contributed by atoms with Gasteiger partial charge in [0.15, 0.2) is 5.82 Å². The summed E-state index contributed by atoms with van der Waals surface area (Å²) in [7, 11) is 0. The highest BCUT2D eigenvalue weighted by Gasteiger charge is 2.10. The molecule has 0 saturated heterocycles. The van der Waals surface area contributed by atoms with Crippen molar-refractivity contribution in [2.75, 3.05) is 11.4 Å². The number of nitrogens with zero attached hydrogens (tertiary/aromatic N) is 4. The smallest absolute Gasteiger partial charge is 0.151 e. The molecule has 0 bridgehead atoms. The highest BCUT2D eigenvalue weighted by Crippen LogP contribution is 2.11. The van der Waals surface area contributed by atoms with E-state index in [0.29, 0.717) is 19.0 Å². The van der Waals surface area contributed by atoms with E-state index in [1.54, 1.807) is 6.20 Å². The Kier molecular flexibility index (Phi) is 3.86. The average Bonchev–Trinajstić information content (AvgIpc) is 2.19. The van der Waals surface area contributed by atoms with Gasteiger partial charge in [0.2, 0.25) is 0 Å². The zero-order valence-corrected chi connectivity index (χ0v) is 8.51. The summed E-state index contributed by atoms with van der Waals surface area (Å²) in [4.78, 5) is 2.07. The first kappa shape index (κ1) is 10.5. The van der Waals surface area contributed by atoms with Crippen LogP contribution < -0.4 is 4.90 Å². The first-order chi connectivity index (χ1) is 6.75. The molecule has 1 rings (SSSR count). The highest BCUT2D eigenvalue weighted by atomic mass is 15.3. The van der Waals surface area contributed by atoms with E-state index in [1.807, 2.05) is 12.1 Å². The minimum Gasteiger partial charge on any atom is -0.352 e. The standard InChI is InChI=1S/C10H14N4/c1-9(2)14(8-4-6-11)10-5-3-7-12-13-10/h3,5,7,9H,4,8H2,1-2H3. The Balaban J connectivity index is 2.74. The van der Waals surface area contributed by atoms with Gasteiger partial charge in [-0.05, 0) is 26.0 Å². The fourth-order valence-corrected chi connectivity index (χ4v) is 1.25. The van der Waals surface area contributed by atoms with E-state index in [9.17, 15) is 0 Å². The van der Waals surface area contributed by atoms with Crippen molar-refractivity contribution in [2.24, 2.45) is 0 Å². The molecule has 0 unspecified atom stereocenters. The summed E-state index contributed by atoms with van der Waals surface area (Å²) in [5.74, 6) is 0.831. The fourth-order valence-electron chi connectivity index (χ4n) is 1.25. The van der Waals surface area contributed by atoms with Crippen molar-refractivity contribution < 1.29 is 0 Å². The predicted molar refractivity (Wildman–Crippen MR) is 54.7 cm³/mol. The van der Waals surface area contributed by atoms with Gasteiger partial charge < -0.3 is 4.90 Å². The van der Waals surface area contributed by atoms with Crippen LogP contribution in [0.25, 0.3) is 0 Å². The largest absolute Gasteiger partial charge is 0.352 e. The molecule has 0 amide bonds. The van der Waals surface area contributed by atoms with E-state index >= 15 is 0 Å². The van der Waals surface area contributed by atoms with Gasteiger partial charge in [-0.25, -0.2) is 0 Å². The average molecular weight is 190 g/mol. The molecule has 14 heavy (non-hydrogen) atoms. The van der Waals surface area contributed by atoms with Gasteiger partial charge in [0.1, 0.15) is 0 Å². The Labute approximate surface area is 84.2 Å². The van der Waals surface area contributed by atoms with Gasteiger partial charge in [-0.1, -0.05) is 0 Å². The molecule has 0 aliphatic heterocycles. The van der Waals surface area contributed by atoms with Crippen molar-refractivity contribution in [3.63, 3.8) is 0 Å². The molecule has 0 radical (unpaired) electrons. The van der Waals surface area contributed by atoms with Crippen LogP contribution in [0.2, 0.25) is 0 Å². The second-order valence-corrected chi connectivity index (χ2v) is 3.28. The van der Waals surface area contributed by atoms with Crippen LogP contribution in [0.5, 0.6) is 0 Å². The first-order valence-corrected chi connectivity index (χ1v) is 4.67. The summed E-state index contributed by atoms with van der Waals surface area (Å²) in [5.41, 5.74) is 0. The first-order valence-electron chi connectivity index (χ1n) is 4.67. The lowest BCUT2D eigenvalue weighted by Gasteiger charge is -2.26. The molecule has 0 fully saturated rings. The quantitative estimate of drug-likeness (QED) is 0.723. The number of nitriles is 1. The SMILES string of the molecule is CC(C)N(CCC#N)c1cccnn1. The molecule has 1 aromatic heterocycles. The fraction of sp³-hybridized carbons (Fsp3) is 0.500. The summed E-state index contributed by atoms with van der Waals surface area (Å²) < 4.78 is 0. The van der Waals surface area contributed by atoms with Crippen LogP contribution >= 0.6 is 0 Å². The van der Waals surface area contributed by atoms with Crippen molar-refractivity contribution in [3.8, 4) is 6.07 Å². The maximum atomic E-state index is 8.53. The molecular formula is C10H14N4. The van der Waals surface area contributed by atoms with Crippen molar-refractivity contribution in [3.05, 3.63) is 18.3 Å². The molecule has 4 heteroatoms. The molecule has 0 spiro atoms. The van der Waals surface area contributed by atoms with Gasteiger partial charge in [-0.2, -0.15) is 10.4 Å². The number of hydrogen-bond acceptors (Lipinski definition) is 4. The van der Waals surface area contributed by atoms with Crippen molar-refractivity contribution >= 4 is 5.82 Å². The second-order valence-electron chi connectivity index (χ2n) is 3.28. The van der Waals surface area contributed by atoms with E-state index in [4.69, 9.17) is 5.26 Å². The van der Waals surface area contributed by atoms with Crippen molar-refractivity contribution in [2.45, 2.75) is 26.3 Å². The van der Waals surface area contributed by atoms with Crippen LogP contribution in [0.4, 0.5) is 5.82 Å². The van der Waals surface area contributed by atoms with E-state index in [0.717, 1.165) is 5.82 Å². The molecule has 0 aromatic carbocycles. The lowest BCUT2D eigenvalue weighted by Crippen LogP contribution is -2.32. The van der Waals surface area contributed by atoms with Crippen LogP contribution in [-0.2, 0) is 0 Å². The minimum atomic E-state index is 0.333. The summed E-state index contributed by atoms with van der Waals surface area (Å²) in [6.07, 6.45) is 2.15. The third kappa shape index (κ3) is 2.70. The van der Waals surface area contributed by atoms with Gasteiger partial charge in [-0.15, -0.1) is 5.10 Å². The molecule has 4 nitrogen and oxygen atoms in total. The predicted octanol–water partition coefficient (Wildman–Crippen LogP) is 1.61. The summed E-state index contributed by atoms with van der Waals surface area (Å²) in [6.45, 7) is 4.85. The normalized spacial score (nSPS) is 9.86. The zero-order chi connectivity index (χ0) is 10.4. The molecule has 1 heterocycles. The van der Waals surface area contributed by atoms with Gasteiger partial charge >= 0.3 is 0 Å². The van der Waals surface area contributed by atoms with Crippen LogP contribution in [0, 0.1) is 11.3 Å². The summed E-state index contributed by atoms with van der Waals surface area (Å²) in [5, 5.41) is 16.4. The molecule has 1 aromatic rings. The third-order valence-corrected chi connectivity index (χ3v) is 1.94. The van der Waals surface area contributed by atoms with Gasteiger partial charge in [-0.3, -0.25) is 0 Å². The van der Waals surface area contributed by atoms with Gasteiger partial charge in [0.25, 0.3) is 0 Å². The topological polar surface area (TPSA) is 52.8 Å². The number of aromatic nitrogens is 2. The maximum absolute atomic E-state index is 8.53. The Morgan fingerprint density at radius 1 is 1.57 bits per heavy atom. The lowest BCUT2D eigenvalue weighted by molar-refractivity contribution is 0.670. The highest BCUT2D eigenvalue weighted by molar-refractivity contribution is 5.37. The number of rotatable bonds is 4. The Morgan fingerprint density at radius 2 is 2.36 bits per heavy atom. The minimum absolute atomic E-state index is 0.333. The third-order valence-electron chi connectivity index (χ3n) is 1.94. The Hall–Kier alpha value is -1.63. The number of hydrogen-bond donors (Lipinski definition) is 0. The van der Waals surface area contributed by atoms with Crippen molar-refractivity contribution in [1.29, 1.82) is 5.26 Å². The summed E-state index contributed by atoms with van der Waals surface area (Å²) >= 11 is 0. The van der Waals surface area contributed by atoms with Gasteiger partial charge in [0.05, 0.1) is 12.5 Å². The molecule has 74 valence electrons. The lowest BCUT2D eigenvalue weighted by atomic mass is 10.3. The monoisotopic (exact) mass is 190 g/mol. The van der Waals surface area contributed by atoms with E-state index in [1.165, 1.54) is 0 Å². The maximum Gasteiger partial charge on any atom is 0.151 e. The molecular weight excluding hydrogens is 176 g/mol. The zero-order valence-electron chi connectivity index (χ0n) is 8.51. The Morgan fingerprint density at radius 3 is 2.86 bits per heavy atom. The number of anilines is 1. The summed E-state index contributed by atoms with van der Waals surface area (Å²) in [6, 6.07) is 6.22. The molecule has 0 aliphatic carbocycles. The Bertz CT molecular complexity index is 302. The van der Waals surface area contributed by atoms with E-state index < -0.39 is 0 Å². The molecule has 0 N–H and O–H groups in total. The molecule has 0 aliphatic rings. The van der Waals surface area contributed by atoms with Crippen LogP contribution in [0.1, 0.15) is 20.3 Å². The van der Waals surface area contributed by atoms with Crippen LogP contribution in [-0.4, -0.2) is 22.8 Å². The van der Waals surface area contributed by atoms with Crippen LogP contribution in [0.15, 0.2) is 18.3 Å². The van der Waals surface area contributed by atoms with Gasteiger partial charge in [0, 0.05) is 18.8 Å². The van der Waals surface area contributed by atoms with E-state index in [2.05, 4.69) is 35.0 Å². The second kappa shape index (κ2) is 5.18.